The van der Waals surface area contributed by atoms with Crippen molar-refractivity contribution in [2.24, 2.45) is 0 Å². The Bertz CT molecular complexity index is 951. The van der Waals surface area contributed by atoms with E-state index in [1.807, 2.05) is 30.6 Å². The predicted molar refractivity (Wildman–Crippen MR) is 114 cm³/mol. The Hall–Kier alpha value is -2.84. The number of hydrogen-bond donors (Lipinski definition) is 0. The number of anilines is 1. The van der Waals surface area contributed by atoms with Crippen molar-refractivity contribution in [3.63, 3.8) is 0 Å². The van der Waals surface area contributed by atoms with Gasteiger partial charge in [0.25, 0.3) is 0 Å². The van der Waals surface area contributed by atoms with Crippen LogP contribution in [0, 0.1) is 0 Å². The molecule has 0 aromatic carbocycles. The first-order valence-corrected chi connectivity index (χ1v) is 10.6. The van der Waals surface area contributed by atoms with E-state index in [9.17, 15) is 0 Å². The van der Waals surface area contributed by atoms with Crippen LogP contribution in [0.5, 0.6) is 0 Å². The molecule has 3 aromatic heterocycles. The Balaban J connectivity index is 1.28. The second-order valence-corrected chi connectivity index (χ2v) is 8.10. The molecule has 0 radical (unpaired) electrons. The lowest BCUT2D eigenvalue weighted by atomic mass is 10.2. The molecule has 1 unspecified atom stereocenters. The van der Waals surface area contributed by atoms with Gasteiger partial charge in [-0.25, -0.2) is 4.98 Å². The van der Waals surface area contributed by atoms with Crippen LogP contribution in [0.25, 0.3) is 11.4 Å². The van der Waals surface area contributed by atoms with Crippen molar-refractivity contribution in [3.8, 4) is 11.4 Å². The topological polar surface area (TPSA) is 74.4 Å². The lowest BCUT2D eigenvalue weighted by Gasteiger charge is -2.33. The third-order valence-corrected chi connectivity index (χ3v) is 6.02. The number of pyridine rings is 2. The fraction of sp³-hybridized carbons (Fsp3) is 0.455. The highest BCUT2D eigenvalue weighted by atomic mass is 16.5. The fourth-order valence-electron chi connectivity index (χ4n) is 4.22. The average Bonchev–Trinajstić information content (AvgIpc) is 3.45. The summed E-state index contributed by atoms with van der Waals surface area (Å²) < 4.78 is 5.66. The van der Waals surface area contributed by atoms with Crippen LogP contribution < -0.4 is 4.90 Å². The second kappa shape index (κ2) is 8.49. The Labute approximate surface area is 176 Å². The molecule has 5 heterocycles. The molecule has 2 saturated heterocycles. The van der Waals surface area contributed by atoms with Crippen molar-refractivity contribution in [3.05, 3.63) is 54.3 Å². The summed E-state index contributed by atoms with van der Waals surface area (Å²) in [4.78, 5) is 20.8. The largest absolute Gasteiger partial charge is 0.354 e. The van der Waals surface area contributed by atoms with Crippen LogP contribution >= 0.6 is 0 Å². The van der Waals surface area contributed by atoms with E-state index in [0.29, 0.717) is 11.7 Å². The molecule has 0 bridgehead atoms. The van der Waals surface area contributed by atoms with Gasteiger partial charge in [-0.2, -0.15) is 4.98 Å². The number of likely N-dealkylation sites (N-methyl/N-ethyl adjacent to an activating group) is 1. The number of aromatic nitrogens is 4. The first kappa shape index (κ1) is 19.1. The summed E-state index contributed by atoms with van der Waals surface area (Å²) in [5.74, 6) is 2.29. The van der Waals surface area contributed by atoms with Crippen LogP contribution in [0.4, 0.5) is 5.82 Å². The van der Waals surface area contributed by atoms with Crippen molar-refractivity contribution in [2.75, 3.05) is 44.7 Å². The van der Waals surface area contributed by atoms with E-state index < -0.39 is 0 Å². The molecule has 0 saturated carbocycles. The number of nitrogens with zero attached hydrogens (tertiary/aromatic N) is 7. The van der Waals surface area contributed by atoms with Crippen LogP contribution in [-0.2, 0) is 6.54 Å². The summed E-state index contributed by atoms with van der Waals surface area (Å²) in [5.41, 5.74) is 1.95. The Morgan fingerprint density at radius 3 is 2.70 bits per heavy atom. The van der Waals surface area contributed by atoms with E-state index >= 15 is 0 Å². The molecular weight excluding hydrogens is 378 g/mol. The molecule has 2 aliphatic heterocycles. The predicted octanol–water partition coefficient (Wildman–Crippen LogP) is 2.62. The Kier molecular flexibility index (Phi) is 5.42. The van der Waals surface area contributed by atoms with Gasteiger partial charge in [-0.15, -0.1) is 0 Å². The molecule has 2 fully saturated rings. The molecule has 5 rings (SSSR count). The molecule has 8 heteroatoms. The molecule has 0 aliphatic carbocycles. The number of likely N-dealkylation sites (tertiary alicyclic amines) is 1. The minimum Gasteiger partial charge on any atom is -0.354 e. The van der Waals surface area contributed by atoms with Gasteiger partial charge in [-0.3, -0.25) is 9.88 Å². The summed E-state index contributed by atoms with van der Waals surface area (Å²) in [6, 6.07) is 10.3. The summed E-state index contributed by atoms with van der Waals surface area (Å²) in [5, 5.41) is 4.24. The fourth-order valence-corrected chi connectivity index (χ4v) is 4.22. The van der Waals surface area contributed by atoms with Gasteiger partial charge >= 0.3 is 0 Å². The van der Waals surface area contributed by atoms with Crippen LogP contribution in [-0.4, -0.2) is 69.7 Å². The first-order valence-electron chi connectivity index (χ1n) is 10.6. The zero-order valence-corrected chi connectivity index (χ0v) is 17.3. The van der Waals surface area contributed by atoms with Gasteiger partial charge in [0.1, 0.15) is 5.82 Å². The van der Waals surface area contributed by atoms with Gasteiger partial charge in [-0.1, -0.05) is 11.2 Å². The molecule has 8 nitrogen and oxygen atoms in total. The molecule has 30 heavy (non-hydrogen) atoms. The summed E-state index contributed by atoms with van der Waals surface area (Å²) >= 11 is 0. The summed E-state index contributed by atoms with van der Waals surface area (Å²) in [7, 11) is 2.16. The van der Waals surface area contributed by atoms with E-state index in [0.717, 1.165) is 69.2 Å². The molecule has 3 aromatic rings. The molecule has 1 atom stereocenters. The van der Waals surface area contributed by atoms with Crippen LogP contribution in [0.15, 0.2) is 47.2 Å². The maximum absolute atomic E-state index is 5.66. The van der Waals surface area contributed by atoms with Gasteiger partial charge in [0.05, 0.1) is 11.7 Å². The Morgan fingerprint density at radius 2 is 1.93 bits per heavy atom. The first-order chi connectivity index (χ1) is 14.8. The zero-order chi connectivity index (χ0) is 20.3. The van der Waals surface area contributed by atoms with Gasteiger partial charge in [-0.05, 0) is 50.7 Å². The third kappa shape index (κ3) is 4.06. The van der Waals surface area contributed by atoms with Gasteiger partial charge < -0.3 is 14.3 Å². The highest BCUT2D eigenvalue weighted by Crippen LogP contribution is 2.33. The quantitative estimate of drug-likeness (QED) is 0.641. The van der Waals surface area contributed by atoms with E-state index in [2.05, 4.69) is 49.0 Å². The van der Waals surface area contributed by atoms with Crippen LogP contribution in [0.1, 0.15) is 30.5 Å². The molecule has 2 aliphatic rings. The van der Waals surface area contributed by atoms with Crippen molar-refractivity contribution < 1.29 is 4.52 Å². The molecule has 0 N–H and O–H groups in total. The minimum atomic E-state index is 0.144. The van der Waals surface area contributed by atoms with Crippen LogP contribution in [0.3, 0.4) is 0 Å². The van der Waals surface area contributed by atoms with E-state index in [1.165, 1.54) is 0 Å². The lowest BCUT2D eigenvalue weighted by Crippen LogP contribution is -2.44. The molecule has 156 valence electrons. The minimum absolute atomic E-state index is 0.144. The number of piperazine rings is 1. The SMILES string of the molecule is CN1CCN(c2ccc(-c3noc(C4CCCN4Cc4ccccn4)n3)cn2)CC1. The number of hydrogen-bond acceptors (Lipinski definition) is 8. The zero-order valence-electron chi connectivity index (χ0n) is 17.3. The van der Waals surface area contributed by atoms with E-state index in [-0.39, 0.29) is 6.04 Å². The Morgan fingerprint density at radius 1 is 1.03 bits per heavy atom. The van der Waals surface area contributed by atoms with Crippen molar-refractivity contribution >= 4 is 5.82 Å². The highest BCUT2D eigenvalue weighted by molar-refractivity contribution is 5.56. The average molecular weight is 406 g/mol. The maximum Gasteiger partial charge on any atom is 0.244 e. The van der Waals surface area contributed by atoms with E-state index in [1.54, 1.807) is 0 Å². The number of rotatable bonds is 5. The highest BCUT2D eigenvalue weighted by Gasteiger charge is 2.31. The van der Waals surface area contributed by atoms with Crippen LogP contribution in [0.2, 0.25) is 0 Å². The molecular formula is C22H27N7O. The van der Waals surface area contributed by atoms with E-state index in [4.69, 9.17) is 9.51 Å². The monoisotopic (exact) mass is 405 g/mol. The van der Waals surface area contributed by atoms with Gasteiger partial charge in [0.2, 0.25) is 11.7 Å². The van der Waals surface area contributed by atoms with Crippen molar-refractivity contribution in [1.29, 1.82) is 0 Å². The summed E-state index contributed by atoms with van der Waals surface area (Å²) in [6.07, 6.45) is 5.83. The van der Waals surface area contributed by atoms with Gasteiger partial charge in [0.15, 0.2) is 0 Å². The molecule has 0 amide bonds. The van der Waals surface area contributed by atoms with Crippen molar-refractivity contribution in [2.45, 2.75) is 25.4 Å². The summed E-state index contributed by atoms with van der Waals surface area (Å²) in [6.45, 7) is 5.94. The standard InChI is InChI=1S/C22H27N7O/c1-27-11-13-28(14-12-27)20-8-7-17(15-24-20)21-25-22(30-26-21)19-6-4-10-29(19)16-18-5-2-3-9-23-18/h2-3,5,7-9,15,19H,4,6,10-14,16H2,1H3. The van der Waals surface area contributed by atoms with Gasteiger partial charge in [0, 0.05) is 50.7 Å². The van der Waals surface area contributed by atoms with Crippen molar-refractivity contribution in [1.82, 2.24) is 29.9 Å². The third-order valence-electron chi connectivity index (χ3n) is 6.02. The lowest BCUT2D eigenvalue weighted by molar-refractivity contribution is 0.199. The second-order valence-electron chi connectivity index (χ2n) is 8.10. The smallest absolute Gasteiger partial charge is 0.244 e. The molecule has 0 spiro atoms. The normalized spacial score (nSPS) is 20.7. The maximum atomic E-state index is 5.66.